The van der Waals surface area contributed by atoms with Gasteiger partial charge in [0.1, 0.15) is 0 Å². The van der Waals surface area contributed by atoms with E-state index in [9.17, 15) is 28.8 Å². The minimum atomic E-state index is -5.39. The van der Waals surface area contributed by atoms with Crippen LogP contribution in [0.2, 0.25) is 0 Å². The van der Waals surface area contributed by atoms with Crippen molar-refractivity contribution in [3.8, 4) is 0 Å². The van der Waals surface area contributed by atoms with Crippen molar-refractivity contribution in [3.63, 3.8) is 0 Å². The number of carbonyl (C=O) groups excluding carboxylic acids is 6. The third kappa shape index (κ3) is 12.4. The smallest absolute Gasteiger partial charge is 0.822 e. The van der Waals surface area contributed by atoms with E-state index in [1.807, 2.05) is 0 Å². The van der Waals surface area contributed by atoms with Gasteiger partial charge in [0.15, 0.2) is 34.7 Å². The zero-order chi connectivity index (χ0) is 30.2. The molecule has 0 amide bonds. The van der Waals surface area contributed by atoms with Gasteiger partial charge in [0.05, 0.1) is 0 Å². The summed E-state index contributed by atoms with van der Waals surface area (Å²) >= 11 is 0. The summed E-state index contributed by atoms with van der Waals surface area (Å²) in [4.78, 5) is 92.8. The molecule has 0 saturated heterocycles. The van der Waals surface area contributed by atoms with Crippen LogP contribution in [0.3, 0.4) is 0 Å². The van der Waals surface area contributed by atoms with Crippen LogP contribution in [0.5, 0.6) is 0 Å². The summed E-state index contributed by atoms with van der Waals surface area (Å²) < 4.78 is 8.55. The molecule has 3 aliphatic carbocycles. The van der Waals surface area contributed by atoms with Crippen LogP contribution in [0.25, 0.3) is 0 Å². The van der Waals surface area contributed by atoms with Crippen molar-refractivity contribution >= 4 is 42.5 Å². The molecule has 3 aromatic rings. The molecule has 0 atom stereocenters. The van der Waals surface area contributed by atoms with Crippen LogP contribution in [0.1, 0.15) is 62.1 Å². The summed E-state index contributed by atoms with van der Waals surface area (Å²) in [6.07, 6.45) is 7.86. The number of ketones is 6. The second-order valence-corrected chi connectivity index (χ2v) is 9.16. The molecule has 0 saturated carbocycles. The fourth-order valence-corrected chi connectivity index (χ4v) is 3.73. The van der Waals surface area contributed by atoms with E-state index in [0.717, 1.165) is 0 Å². The molecule has 10 nitrogen and oxygen atoms in total. The van der Waals surface area contributed by atoms with Crippen molar-refractivity contribution in [2.75, 3.05) is 0 Å². The van der Waals surface area contributed by atoms with Crippen LogP contribution in [-0.2, 0) is 4.57 Å². The Kier molecular flexibility index (Phi) is 18.6. The van der Waals surface area contributed by atoms with Gasteiger partial charge in [0.2, 0.25) is 0 Å². The maximum atomic E-state index is 11.2. The second-order valence-electron chi connectivity index (χ2n) is 8.27. The monoisotopic (exact) mass is 638 g/mol. The van der Waals surface area contributed by atoms with Gasteiger partial charge in [-0.2, -0.15) is 7.82 Å². The Morgan fingerprint density at radius 3 is 0.568 bits per heavy atom. The van der Waals surface area contributed by atoms with Gasteiger partial charge in [-0.3, -0.25) is 28.8 Å². The van der Waals surface area contributed by atoms with Gasteiger partial charge in [0, 0.05) is 33.4 Å². The molecule has 0 bridgehead atoms. The molecule has 6 rings (SSSR count). The van der Waals surface area contributed by atoms with Crippen molar-refractivity contribution in [2.45, 2.75) is 0 Å². The van der Waals surface area contributed by atoms with E-state index < -0.39 is 7.82 Å². The van der Waals surface area contributed by atoms with Gasteiger partial charge in [-0.15, -0.1) is 0 Å². The van der Waals surface area contributed by atoms with Crippen LogP contribution >= 0.6 is 7.82 Å². The molecule has 14 heteroatoms. The quantitative estimate of drug-likeness (QED) is 0.169. The van der Waals surface area contributed by atoms with Gasteiger partial charge in [0.25, 0.3) is 0 Å². The van der Waals surface area contributed by atoms with E-state index in [4.69, 9.17) is 19.2 Å². The number of phosphoric acid groups is 1. The van der Waals surface area contributed by atoms with Crippen molar-refractivity contribution in [1.29, 1.82) is 0 Å². The standard InChI is InChI=1S/3C10H6O2.3Na.H3O4P/c3*11-9-5-6-10(12)8-4-2-1-3-7(8)9;;;;1-5(2,3)4/h3*1-6H;;;;(H3,1,2,3,4)/q;;;3*+1;/p-3. The second kappa shape index (κ2) is 19.5. The maximum absolute atomic E-state index is 11.2. The largest absolute Gasteiger partial charge is 1.00 e. The first kappa shape index (κ1) is 42.0. The average Bonchev–Trinajstić information content (AvgIpc) is 2.95. The number of rotatable bonds is 0. The number of allylic oxidation sites excluding steroid dienone is 6. The van der Waals surface area contributed by atoms with Crippen LogP contribution in [0.4, 0.5) is 0 Å². The predicted octanol–water partition coefficient (Wildman–Crippen LogP) is -6.95. The van der Waals surface area contributed by atoms with Crippen LogP contribution in [-0.4, -0.2) is 34.7 Å². The molecule has 3 aliphatic rings. The molecule has 0 aromatic heterocycles. The summed E-state index contributed by atoms with van der Waals surface area (Å²) in [6.45, 7) is 0. The molecular weight excluding hydrogens is 620 g/mol. The Hall–Kier alpha value is -1.99. The Labute approximate surface area is 318 Å². The Morgan fingerprint density at radius 2 is 0.455 bits per heavy atom. The van der Waals surface area contributed by atoms with Crippen LogP contribution in [0.15, 0.2) is 109 Å². The van der Waals surface area contributed by atoms with Crippen molar-refractivity contribution in [3.05, 3.63) is 143 Å². The predicted molar refractivity (Wildman–Crippen MR) is 140 cm³/mol. The summed E-state index contributed by atoms with van der Waals surface area (Å²) in [5.74, 6) is -0.554. The molecule has 206 valence electrons. The molecule has 0 aliphatic heterocycles. The van der Waals surface area contributed by atoms with Gasteiger partial charge < -0.3 is 19.2 Å². The molecule has 3 aromatic carbocycles. The van der Waals surface area contributed by atoms with Gasteiger partial charge in [-0.05, 0) is 36.5 Å². The normalized spacial score (nSPS) is 13.3. The van der Waals surface area contributed by atoms with E-state index in [0.29, 0.717) is 33.4 Å². The molecule has 0 N–H and O–H groups in total. The molecule has 44 heavy (non-hydrogen) atoms. The van der Waals surface area contributed by atoms with Crippen LogP contribution < -0.4 is 103 Å². The van der Waals surface area contributed by atoms with E-state index in [2.05, 4.69) is 0 Å². The van der Waals surface area contributed by atoms with E-state index in [-0.39, 0.29) is 123 Å². The SMILES string of the molecule is O=C1C=CC(=O)c2ccccc21.O=C1C=CC(=O)c2ccccc21.O=C1C=CC(=O)c2ccccc21.O=P([O-])([O-])[O-].[Na+].[Na+].[Na+]. The van der Waals surface area contributed by atoms with E-state index in [1.165, 1.54) is 36.5 Å². The topological polar surface area (TPSA) is 189 Å². The van der Waals surface area contributed by atoms with E-state index >= 15 is 0 Å². The average molecular weight is 638 g/mol. The first-order chi connectivity index (χ1) is 19.4. The number of fused-ring (bicyclic) bond motifs is 3. The third-order valence-corrected chi connectivity index (χ3v) is 5.53. The maximum Gasteiger partial charge on any atom is 1.00 e. The van der Waals surface area contributed by atoms with Gasteiger partial charge >= 0.3 is 88.7 Å². The molecule has 0 fully saturated rings. The number of carbonyl (C=O) groups is 6. The summed E-state index contributed by atoms with van der Waals surface area (Å²) in [5, 5.41) is 0. The van der Waals surface area contributed by atoms with Crippen molar-refractivity contribution in [1.82, 2.24) is 0 Å². The Bertz CT molecular complexity index is 1420. The zero-order valence-electron chi connectivity index (χ0n) is 23.9. The fourth-order valence-electron chi connectivity index (χ4n) is 3.73. The summed E-state index contributed by atoms with van der Waals surface area (Å²) in [5.41, 5.74) is 3.03. The van der Waals surface area contributed by atoms with E-state index in [1.54, 1.807) is 72.8 Å². The van der Waals surface area contributed by atoms with Crippen molar-refractivity contribution in [2.24, 2.45) is 0 Å². The first-order valence-electron chi connectivity index (χ1n) is 11.7. The Morgan fingerprint density at radius 1 is 0.341 bits per heavy atom. The molecular formula is C30H18Na3O10P. The van der Waals surface area contributed by atoms with Crippen LogP contribution in [0, 0.1) is 0 Å². The Balaban J connectivity index is 0.000000568. The third-order valence-electron chi connectivity index (χ3n) is 5.53. The summed E-state index contributed by atoms with van der Waals surface area (Å²) in [6, 6.07) is 20.5. The molecule has 0 heterocycles. The van der Waals surface area contributed by atoms with Gasteiger partial charge in [-0.1, -0.05) is 72.8 Å². The number of hydrogen-bond acceptors (Lipinski definition) is 10. The first-order valence-corrected chi connectivity index (χ1v) is 13.1. The minimum absolute atomic E-state index is 0. The molecule has 0 unspecified atom stereocenters. The minimum Gasteiger partial charge on any atom is -0.822 e. The number of benzene rings is 3. The summed E-state index contributed by atoms with van der Waals surface area (Å²) in [7, 11) is -5.39. The molecule has 0 radical (unpaired) electrons. The fraction of sp³-hybridized carbons (Fsp3) is 0. The van der Waals surface area contributed by atoms with Crippen molar-refractivity contribution < 1.29 is 137 Å². The zero-order valence-corrected chi connectivity index (χ0v) is 30.8. The van der Waals surface area contributed by atoms with Gasteiger partial charge in [-0.25, -0.2) is 0 Å². The molecule has 0 spiro atoms. The number of hydrogen-bond donors (Lipinski definition) is 0.